The fourth-order valence-electron chi connectivity index (χ4n) is 3.00. The van der Waals surface area contributed by atoms with Crippen molar-refractivity contribution < 1.29 is 9.32 Å². The number of aromatic nitrogens is 1. The third-order valence-corrected chi connectivity index (χ3v) is 4.66. The Morgan fingerprint density at radius 1 is 1.43 bits per heavy atom. The van der Waals surface area contributed by atoms with E-state index in [4.69, 9.17) is 21.9 Å². The smallest absolute Gasteiger partial charge is 0.259 e. The molecular weight excluding hydrogens is 314 g/mol. The summed E-state index contributed by atoms with van der Waals surface area (Å²) in [5.74, 6) is 0.285. The summed E-state index contributed by atoms with van der Waals surface area (Å²) in [5.41, 5.74) is 7.85. The molecule has 1 aliphatic rings. The highest BCUT2D eigenvalue weighted by Gasteiger charge is 2.29. The number of nitrogens with two attached hydrogens (primary N) is 1. The maximum atomic E-state index is 12.8. The van der Waals surface area contributed by atoms with Gasteiger partial charge in [-0.1, -0.05) is 28.9 Å². The lowest BCUT2D eigenvalue weighted by atomic mass is 9.91. The van der Waals surface area contributed by atoms with Crippen LogP contribution in [0.25, 0.3) is 11.3 Å². The second-order valence-electron chi connectivity index (χ2n) is 6.10. The third kappa shape index (κ3) is 3.41. The number of carbonyl (C=O) groups is 1. The van der Waals surface area contributed by atoms with Crippen molar-refractivity contribution in [3.8, 4) is 11.3 Å². The van der Waals surface area contributed by atoms with Gasteiger partial charge in [0.15, 0.2) is 0 Å². The van der Waals surface area contributed by atoms with E-state index >= 15 is 0 Å². The fourth-order valence-corrected chi connectivity index (χ4v) is 3.12. The molecule has 1 aromatic heterocycles. The molecule has 0 saturated carbocycles. The van der Waals surface area contributed by atoms with Gasteiger partial charge in [-0.15, -0.1) is 0 Å². The molecule has 0 spiro atoms. The molecule has 0 unspecified atom stereocenters. The summed E-state index contributed by atoms with van der Waals surface area (Å²) in [5, 5.41) is 4.64. The molecule has 0 bridgehead atoms. The maximum absolute atomic E-state index is 12.8. The lowest BCUT2D eigenvalue weighted by molar-refractivity contribution is 0.0661. The van der Waals surface area contributed by atoms with Crippen LogP contribution in [-0.4, -0.2) is 35.1 Å². The highest BCUT2D eigenvalue weighted by atomic mass is 35.5. The van der Waals surface area contributed by atoms with E-state index in [9.17, 15) is 4.79 Å². The molecule has 3 rings (SSSR count). The first-order valence-corrected chi connectivity index (χ1v) is 8.19. The summed E-state index contributed by atoms with van der Waals surface area (Å²) in [6.45, 7) is 3.42. The van der Waals surface area contributed by atoms with E-state index in [1.165, 1.54) is 6.26 Å². The highest BCUT2D eigenvalue weighted by Crippen LogP contribution is 2.27. The molecule has 1 fully saturated rings. The van der Waals surface area contributed by atoms with Crippen molar-refractivity contribution in [2.45, 2.75) is 25.8 Å². The van der Waals surface area contributed by atoms with E-state index in [0.29, 0.717) is 28.7 Å². The Morgan fingerprint density at radius 3 is 2.87 bits per heavy atom. The van der Waals surface area contributed by atoms with Gasteiger partial charge in [0, 0.05) is 29.7 Å². The van der Waals surface area contributed by atoms with Gasteiger partial charge in [0.25, 0.3) is 5.91 Å². The molecule has 2 atom stereocenters. The van der Waals surface area contributed by atoms with E-state index in [2.05, 4.69) is 5.16 Å². The van der Waals surface area contributed by atoms with Crippen LogP contribution >= 0.6 is 11.6 Å². The van der Waals surface area contributed by atoms with Crippen LogP contribution in [0.4, 0.5) is 0 Å². The van der Waals surface area contributed by atoms with Gasteiger partial charge in [0.1, 0.15) is 17.5 Å². The van der Waals surface area contributed by atoms with Crippen LogP contribution in [0, 0.1) is 5.92 Å². The van der Waals surface area contributed by atoms with Crippen LogP contribution < -0.4 is 5.73 Å². The summed E-state index contributed by atoms with van der Waals surface area (Å²) < 4.78 is 5.06. The number of benzene rings is 1. The largest absolute Gasteiger partial charge is 0.363 e. The summed E-state index contributed by atoms with van der Waals surface area (Å²) >= 11 is 5.91. The molecule has 1 amide bonds. The van der Waals surface area contributed by atoms with Crippen molar-refractivity contribution in [2.24, 2.45) is 11.7 Å². The van der Waals surface area contributed by atoms with Crippen LogP contribution in [0.1, 0.15) is 30.1 Å². The van der Waals surface area contributed by atoms with Gasteiger partial charge >= 0.3 is 0 Å². The standard InChI is InChI=1S/C17H20ClN3O2/c1-11(19)13-3-2-8-21(9-13)17(22)15-10-23-20-16(15)12-4-6-14(18)7-5-12/h4-7,10-11,13H,2-3,8-9,19H2,1H3/t11-,13-/m1/s1. The first-order chi connectivity index (χ1) is 11.1. The molecule has 2 aromatic rings. The van der Waals surface area contributed by atoms with E-state index < -0.39 is 0 Å². The van der Waals surface area contributed by atoms with Crippen molar-refractivity contribution in [1.82, 2.24) is 10.1 Å². The SMILES string of the molecule is C[C@@H](N)[C@@H]1CCCN(C(=O)c2conc2-c2ccc(Cl)cc2)C1. The molecular formula is C17H20ClN3O2. The fraction of sp³-hybridized carbons (Fsp3) is 0.412. The van der Waals surface area contributed by atoms with Crippen molar-refractivity contribution in [1.29, 1.82) is 0 Å². The van der Waals surface area contributed by atoms with Crippen molar-refractivity contribution in [3.63, 3.8) is 0 Å². The molecule has 5 nitrogen and oxygen atoms in total. The predicted molar refractivity (Wildman–Crippen MR) is 89.2 cm³/mol. The van der Waals surface area contributed by atoms with Crippen LogP contribution in [0.3, 0.4) is 0 Å². The first kappa shape index (κ1) is 16.0. The first-order valence-electron chi connectivity index (χ1n) is 7.81. The summed E-state index contributed by atoms with van der Waals surface area (Å²) in [6, 6.07) is 7.29. The van der Waals surface area contributed by atoms with Gasteiger partial charge < -0.3 is 15.2 Å². The average molecular weight is 334 g/mol. The number of amides is 1. The van der Waals surface area contributed by atoms with Gasteiger partial charge in [0.05, 0.1) is 0 Å². The minimum Gasteiger partial charge on any atom is -0.363 e. The average Bonchev–Trinajstić information content (AvgIpc) is 3.04. The van der Waals surface area contributed by atoms with Crippen molar-refractivity contribution in [2.75, 3.05) is 13.1 Å². The molecule has 1 saturated heterocycles. The molecule has 6 heteroatoms. The van der Waals surface area contributed by atoms with E-state index in [1.807, 2.05) is 24.0 Å². The zero-order chi connectivity index (χ0) is 16.4. The number of hydrogen-bond donors (Lipinski definition) is 1. The van der Waals surface area contributed by atoms with Gasteiger partial charge in [-0.25, -0.2) is 0 Å². The van der Waals surface area contributed by atoms with Crippen LogP contribution in [0.15, 0.2) is 35.1 Å². The molecule has 0 radical (unpaired) electrons. The Balaban J connectivity index is 1.83. The van der Waals surface area contributed by atoms with Gasteiger partial charge in [0.2, 0.25) is 0 Å². The lowest BCUT2D eigenvalue weighted by Crippen LogP contribution is -2.45. The maximum Gasteiger partial charge on any atom is 0.259 e. The number of likely N-dealkylation sites (tertiary alicyclic amines) is 1. The Labute approximate surface area is 140 Å². The monoisotopic (exact) mass is 333 g/mol. The Morgan fingerprint density at radius 2 is 2.17 bits per heavy atom. The number of halogens is 1. The van der Waals surface area contributed by atoms with Crippen LogP contribution in [-0.2, 0) is 0 Å². The minimum atomic E-state index is -0.0541. The predicted octanol–water partition coefficient (Wildman–Crippen LogP) is 3.19. The molecule has 2 heterocycles. The normalized spacial score (nSPS) is 19.6. The van der Waals surface area contributed by atoms with Crippen LogP contribution in [0.2, 0.25) is 5.02 Å². The van der Waals surface area contributed by atoms with Crippen molar-refractivity contribution in [3.05, 3.63) is 41.1 Å². The van der Waals surface area contributed by atoms with E-state index in [1.54, 1.807) is 12.1 Å². The third-order valence-electron chi connectivity index (χ3n) is 4.41. The van der Waals surface area contributed by atoms with Crippen molar-refractivity contribution >= 4 is 17.5 Å². The lowest BCUT2D eigenvalue weighted by Gasteiger charge is -2.34. The number of nitrogens with zero attached hydrogens (tertiary/aromatic N) is 2. The molecule has 1 aliphatic heterocycles. The second kappa shape index (κ2) is 6.72. The number of carbonyl (C=O) groups excluding carboxylic acids is 1. The van der Waals surface area contributed by atoms with Gasteiger partial charge in [-0.3, -0.25) is 4.79 Å². The Kier molecular flexibility index (Phi) is 4.68. The van der Waals surface area contributed by atoms with E-state index in [-0.39, 0.29) is 11.9 Å². The summed E-state index contributed by atoms with van der Waals surface area (Å²) in [6.07, 6.45) is 3.45. The summed E-state index contributed by atoms with van der Waals surface area (Å²) in [7, 11) is 0. The zero-order valence-corrected chi connectivity index (χ0v) is 13.8. The van der Waals surface area contributed by atoms with Gasteiger partial charge in [-0.05, 0) is 37.8 Å². The van der Waals surface area contributed by atoms with Crippen LogP contribution in [0.5, 0.6) is 0 Å². The highest BCUT2D eigenvalue weighted by molar-refractivity contribution is 6.30. The molecule has 2 N–H and O–H groups in total. The molecule has 122 valence electrons. The number of rotatable bonds is 3. The topological polar surface area (TPSA) is 72.4 Å². The quantitative estimate of drug-likeness (QED) is 0.936. The van der Waals surface area contributed by atoms with E-state index in [0.717, 1.165) is 24.9 Å². The second-order valence-corrected chi connectivity index (χ2v) is 6.53. The minimum absolute atomic E-state index is 0.0541. The molecule has 1 aromatic carbocycles. The number of hydrogen-bond acceptors (Lipinski definition) is 4. The Bertz CT molecular complexity index is 681. The van der Waals surface area contributed by atoms with Gasteiger partial charge in [-0.2, -0.15) is 0 Å². The zero-order valence-electron chi connectivity index (χ0n) is 13.0. The molecule has 0 aliphatic carbocycles. The Hall–Kier alpha value is -1.85. The number of piperidine rings is 1. The summed E-state index contributed by atoms with van der Waals surface area (Å²) in [4.78, 5) is 14.7. The molecule has 23 heavy (non-hydrogen) atoms.